The third kappa shape index (κ3) is 2.21. The molecule has 0 atom stereocenters. The second-order valence-corrected chi connectivity index (χ2v) is 1.97. The Morgan fingerprint density at radius 1 is 1.92 bits per heavy atom. The minimum Gasteiger partial charge on any atom is -0.340 e. The molecule has 2 N–H and O–H groups in total. The summed E-state index contributed by atoms with van der Waals surface area (Å²) < 4.78 is 0. The number of H-pyrrole nitrogens is 1. The van der Waals surface area contributed by atoms with Crippen LogP contribution in [0.2, 0.25) is 0 Å². The summed E-state index contributed by atoms with van der Waals surface area (Å²) in [6.45, 7) is 3.69. The number of hydrogen-bond acceptors (Lipinski definition) is 3. The van der Waals surface area contributed by atoms with Crippen molar-refractivity contribution in [2.75, 3.05) is 6.61 Å². The van der Waals surface area contributed by atoms with Gasteiger partial charge >= 0.3 is 5.91 Å². The Bertz CT molecular complexity index is 256. The number of carbonyl (C=O) groups excluding carboxylic acids is 1. The van der Waals surface area contributed by atoms with Gasteiger partial charge in [0, 0.05) is 12.4 Å². The average molecular weight is 167 g/mol. The van der Waals surface area contributed by atoms with Crippen LogP contribution in [0.15, 0.2) is 25.0 Å². The fourth-order valence-electron chi connectivity index (χ4n) is 0.604. The monoisotopic (exact) mass is 167 g/mol. The molecule has 1 rings (SSSR count). The van der Waals surface area contributed by atoms with Crippen LogP contribution < -0.4 is 5.48 Å². The van der Waals surface area contributed by atoms with Gasteiger partial charge in [0.2, 0.25) is 0 Å². The number of imidazole rings is 1. The number of carbonyl (C=O) groups is 1. The number of nitrogens with one attached hydrogen (secondary N) is 2. The van der Waals surface area contributed by atoms with Crippen molar-refractivity contribution in [3.8, 4) is 0 Å². The first kappa shape index (κ1) is 8.48. The molecule has 0 spiro atoms. The van der Waals surface area contributed by atoms with Gasteiger partial charge in [0.1, 0.15) is 0 Å². The molecule has 1 amide bonds. The molecule has 0 saturated heterocycles. The van der Waals surface area contributed by atoms with Crippen LogP contribution in [0, 0.1) is 0 Å². The van der Waals surface area contributed by atoms with Gasteiger partial charge in [-0.25, -0.2) is 10.5 Å². The Hall–Kier alpha value is -1.62. The molecular formula is C7H9N3O2. The summed E-state index contributed by atoms with van der Waals surface area (Å²) in [6.07, 6.45) is 4.58. The average Bonchev–Trinajstić information content (AvgIpc) is 2.56. The second kappa shape index (κ2) is 4.30. The molecule has 0 aliphatic carbocycles. The van der Waals surface area contributed by atoms with Crippen LogP contribution in [0.5, 0.6) is 0 Å². The van der Waals surface area contributed by atoms with Crippen molar-refractivity contribution >= 4 is 5.91 Å². The molecule has 1 aromatic rings. The van der Waals surface area contributed by atoms with E-state index in [4.69, 9.17) is 4.84 Å². The van der Waals surface area contributed by atoms with Gasteiger partial charge in [0.25, 0.3) is 0 Å². The van der Waals surface area contributed by atoms with E-state index in [2.05, 4.69) is 22.0 Å². The van der Waals surface area contributed by atoms with Crippen molar-refractivity contribution < 1.29 is 9.63 Å². The minimum atomic E-state index is -0.401. The molecule has 0 bridgehead atoms. The van der Waals surface area contributed by atoms with Crippen molar-refractivity contribution in [1.29, 1.82) is 0 Å². The molecule has 0 fully saturated rings. The molecular weight excluding hydrogens is 158 g/mol. The molecule has 0 radical (unpaired) electrons. The molecule has 0 saturated carbocycles. The second-order valence-electron chi connectivity index (χ2n) is 1.97. The van der Waals surface area contributed by atoms with Gasteiger partial charge in [-0.3, -0.25) is 9.63 Å². The lowest BCUT2D eigenvalue weighted by molar-refractivity contribution is 0.0412. The van der Waals surface area contributed by atoms with Gasteiger partial charge in [0.05, 0.1) is 6.61 Å². The van der Waals surface area contributed by atoms with Gasteiger partial charge in [-0.2, -0.15) is 0 Å². The standard InChI is InChI=1S/C7H9N3O2/c1-2-5-12-10-7(11)6-8-3-4-9-6/h2-4H,1,5H2,(H,8,9)(H,10,11). The number of hydrogen-bond donors (Lipinski definition) is 2. The van der Waals surface area contributed by atoms with Gasteiger partial charge < -0.3 is 4.98 Å². The normalized spacial score (nSPS) is 9.33. The predicted molar refractivity (Wildman–Crippen MR) is 42.2 cm³/mol. The van der Waals surface area contributed by atoms with Crippen LogP contribution in [0.4, 0.5) is 0 Å². The van der Waals surface area contributed by atoms with Gasteiger partial charge in [-0.15, -0.1) is 6.58 Å². The van der Waals surface area contributed by atoms with E-state index in [0.717, 1.165) is 0 Å². The number of aromatic amines is 1. The number of aromatic nitrogens is 2. The zero-order valence-corrected chi connectivity index (χ0v) is 6.41. The fourth-order valence-corrected chi connectivity index (χ4v) is 0.604. The van der Waals surface area contributed by atoms with E-state index < -0.39 is 5.91 Å². The third-order valence-electron chi connectivity index (χ3n) is 1.08. The van der Waals surface area contributed by atoms with Crippen molar-refractivity contribution in [3.63, 3.8) is 0 Å². The molecule has 1 heterocycles. The van der Waals surface area contributed by atoms with E-state index in [1.54, 1.807) is 6.20 Å². The van der Waals surface area contributed by atoms with Crippen molar-refractivity contribution in [2.45, 2.75) is 0 Å². The summed E-state index contributed by atoms with van der Waals surface area (Å²) >= 11 is 0. The summed E-state index contributed by atoms with van der Waals surface area (Å²) in [4.78, 5) is 22.1. The Labute approximate surface area is 69.4 Å². The number of amides is 1. The molecule has 1 aromatic heterocycles. The van der Waals surface area contributed by atoms with Crippen LogP contribution in [-0.4, -0.2) is 22.5 Å². The molecule has 5 nitrogen and oxygen atoms in total. The summed E-state index contributed by atoms with van der Waals surface area (Å²) in [5.41, 5.74) is 2.18. The first-order valence-corrected chi connectivity index (χ1v) is 3.37. The van der Waals surface area contributed by atoms with Gasteiger partial charge in [0.15, 0.2) is 5.82 Å². The van der Waals surface area contributed by atoms with Crippen molar-refractivity contribution in [3.05, 3.63) is 30.9 Å². The van der Waals surface area contributed by atoms with Crippen LogP contribution in [0.3, 0.4) is 0 Å². The quantitative estimate of drug-likeness (QED) is 0.384. The van der Waals surface area contributed by atoms with Crippen molar-refractivity contribution in [2.24, 2.45) is 0 Å². The van der Waals surface area contributed by atoms with Crippen LogP contribution in [0.25, 0.3) is 0 Å². The van der Waals surface area contributed by atoms with E-state index in [1.807, 2.05) is 0 Å². The lowest BCUT2D eigenvalue weighted by Gasteiger charge is -1.99. The molecule has 64 valence electrons. The maximum Gasteiger partial charge on any atom is 0.310 e. The fraction of sp³-hybridized carbons (Fsp3) is 0.143. The molecule has 0 aromatic carbocycles. The summed E-state index contributed by atoms with van der Waals surface area (Å²) in [6, 6.07) is 0. The van der Waals surface area contributed by atoms with Gasteiger partial charge in [-0.05, 0) is 0 Å². The van der Waals surface area contributed by atoms with E-state index in [9.17, 15) is 4.79 Å². The Morgan fingerprint density at radius 2 is 2.75 bits per heavy atom. The van der Waals surface area contributed by atoms with E-state index in [-0.39, 0.29) is 12.4 Å². The minimum absolute atomic E-state index is 0.221. The van der Waals surface area contributed by atoms with E-state index in [1.165, 1.54) is 12.3 Å². The Morgan fingerprint density at radius 3 is 3.33 bits per heavy atom. The number of nitrogens with zero attached hydrogens (tertiary/aromatic N) is 1. The van der Waals surface area contributed by atoms with Crippen LogP contribution in [-0.2, 0) is 4.84 Å². The molecule has 0 unspecified atom stereocenters. The number of rotatable bonds is 4. The topological polar surface area (TPSA) is 67.0 Å². The molecule has 0 aliphatic rings. The zero-order chi connectivity index (χ0) is 8.81. The smallest absolute Gasteiger partial charge is 0.310 e. The maximum absolute atomic E-state index is 11.0. The number of hydroxylamine groups is 1. The zero-order valence-electron chi connectivity index (χ0n) is 6.41. The first-order valence-electron chi connectivity index (χ1n) is 3.37. The lowest BCUT2D eigenvalue weighted by Crippen LogP contribution is -2.24. The largest absolute Gasteiger partial charge is 0.340 e. The third-order valence-corrected chi connectivity index (χ3v) is 1.08. The van der Waals surface area contributed by atoms with E-state index in [0.29, 0.717) is 0 Å². The highest BCUT2D eigenvalue weighted by Crippen LogP contribution is 1.86. The van der Waals surface area contributed by atoms with Crippen LogP contribution >= 0.6 is 0 Å². The Kier molecular flexibility index (Phi) is 3.04. The highest BCUT2D eigenvalue weighted by atomic mass is 16.6. The van der Waals surface area contributed by atoms with Crippen LogP contribution in [0.1, 0.15) is 10.6 Å². The van der Waals surface area contributed by atoms with E-state index >= 15 is 0 Å². The maximum atomic E-state index is 11.0. The molecule has 5 heteroatoms. The highest BCUT2D eigenvalue weighted by Gasteiger charge is 2.05. The Balaban J connectivity index is 2.34. The van der Waals surface area contributed by atoms with Crippen molar-refractivity contribution in [1.82, 2.24) is 15.4 Å². The first-order chi connectivity index (χ1) is 5.84. The lowest BCUT2D eigenvalue weighted by atomic mass is 10.6. The molecule has 12 heavy (non-hydrogen) atoms. The summed E-state index contributed by atoms with van der Waals surface area (Å²) in [7, 11) is 0. The SMILES string of the molecule is C=CCONC(=O)c1ncc[nH]1. The highest BCUT2D eigenvalue weighted by molar-refractivity contribution is 5.89. The summed E-state index contributed by atoms with van der Waals surface area (Å²) in [5, 5.41) is 0. The summed E-state index contributed by atoms with van der Waals surface area (Å²) in [5.74, 6) is -0.180. The predicted octanol–water partition coefficient (Wildman–Crippen LogP) is 0.257. The van der Waals surface area contributed by atoms with Gasteiger partial charge in [-0.1, -0.05) is 6.08 Å². The molecule has 0 aliphatic heterocycles.